The molecule has 2 rings (SSSR count). The van der Waals surface area contributed by atoms with Crippen LogP contribution in [0.1, 0.15) is 18.5 Å². The Bertz CT molecular complexity index is 687. The van der Waals surface area contributed by atoms with Crippen LogP contribution < -0.4 is 14.8 Å². The summed E-state index contributed by atoms with van der Waals surface area (Å²) in [6.45, 7) is 1.39. The number of halogens is 3. The molecular formula is C18H18F3NO3. The van der Waals surface area contributed by atoms with E-state index in [4.69, 9.17) is 9.47 Å². The van der Waals surface area contributed by atoms with Crippen LogP contribution in [0.5, 0.6) is 11.5 Å². The molecule has 0 spiro atoms. The molecule has 1 N–H and O–H groups in total. The Hall–Kier alpha value is -2.70. The van der Waals surface area contributed by atoms with Crippen molar-refractivity contribution in [1.29, 1.82) is 0 Å². The topological polar surface area (TPSA) is 47.6 Å². The Morgan fingerprint density at radius 1 is 1.00 bits per heavy atom. The number of nitrogens with one attached hydrogen (secondary N) is 1. The predicted molar refractivity (Wildman–Crippen MR) is 86.5 cm³/mol. The third-order valence-electron chi connectivity index (χ3n) is 3.49. The Kier molecular flexibility index (Phi) is 5.90. The zero-order chi connectivity index (χ0) is 18.4. The maximum absolute atomic E-state index is 13.3. The number of amides is 1. The molecule has 0 aliphatic rings. The zero-order valence-corrected chi connectivity index (χ0v) is 13.7. The lowest BCUT2D eigenvalue weighted by Gasteiger charge is -2.24. The second kappa shape index (κ2) is 7.92. The number of carbonyl (C=O) groups excluding carboxylic acids is 1. The van der Waals surface area contributed by atoms with Gasteiger partial charge >= 0.3 is 6.18 Å². The smallest absolute Gasteiger partial charge is 0.412 e. The molecule has 0 aromatic heterocycles. The van der Waals surface area contributed by atoms with Gasteiger partial charge in [0.15, 0.2) is 12.1 Å². The van der Waals surface area contributed by atoms with Crippen molar-refractivity contribution in [2.45, 2.75) is 25.2 Å². The SMILES string of the molecule is COc1ccc(OC(C)C(=O)NC(c2ccccc2)C(F)(F)F)cc1. The molecule has 2 atom stereocenters. The van der Waals surface area contributed by atoms with Gasteiger partial charge in [0.2, 0.25) is 0 Å². The Balaban J connectivity index is 2.06. The number of carbonyl (C=O) groups is 1. The van der Waals surface area contributed by atoms with Gasteiger partial charge in [-0.15, -0.1) is 0 Å². The monoisotopic (exact) mass is 353 g/mol. The Labute approximate surface area is 143 Å². The van der Waals surface area contributed by atoms with E-state index in [0.29, 0.717) is 11.5 Å². The maximum atomic E-state index is 13.3. The van der Waals surface area contributed by atoms with Gasteiger partial charge < -0.3 is 14.8 Å². The lowest BCUT2D eigenvalue weighted by Crippen LogP contribution is -2.43. The van der Waals surface area contributed by atoms with E-state index in [1.165, 1.54) is 38.3 Å². The average molecular weight is 353 g/mol. The van der Waals surface area contributed by atoms with Crippen LogP contribution in [0.25, 0.3) is 0 Å². The number of hydrogen-bond acceptors (Lipinski definition) is 3. The van der Waals surface area contributed by atoms with Gasteiger partial charge in [0.1, 0.15) is 11.5 Å². The van der Waals surface area contributed by atoms with Crippen LogP contribution >= 0.6 is 0 Å². The molecule has 2 unspecified atom stereocenters. The van der Waals surface area contributed by atoms with Crippen LogP contribution in [0, 0.1) is 0 Å². The number of rotatable bonds is 6. The van der Waals surface area contributed by atoms with Gasteiger partial charge in [0.25, 0.3) is 5.91 Å². The van der Waals surface area contributed by atoms with Crippen molar-refractivity contribution in [2.24, 2.45) is 0 Å². The van der Waals surface area contributed by atoms with E-state index in [0.717, 1.165) is 0 Å². The fourth-order valence-corrected chi connectivity index (χ4v) is 2.17. The highest BCUT2D eigenvalue weighted by atomic mass is 19.4. The fraction of sp³-hybridized carbons (Fsp3) is 0.278. The summed E-state index contributed by atoms with van der Waals surface area (Å²) in [6, 6.07) is 11.5. The number of alkyl halides is 3. The highest BCUT2D eigenvalue weighted by molar-refractivity contribution is 5.81. The van der Waals surface area contributed by atoms with Gasteiger partial charge in [-0.3, -0.25) is 4.79 Å². The summed E-state index contributed by atoms with van der Waals surface area (Å²) < 4.78 is 50.2. The first kappa shape index (κ1) is 18.6. The van der Waals surface area contributed by atoms with Crippen molar-refractivity contribution < 1.29 is 27.4 Å². The van der Waals surface area contributed by atoms with Crippen LogP contribution in [-0.2, 0) is 4.79 Å². The second-order valence-corrected chi connectivity index (χ2v) is 5.33. The lowest BCUT2D eigenvalue weighted by molar-refractivity contribution is -0.165. The normalized spacial score (nSPS) is 13.6. The molecule has 2 aromatic carbocycles. The highest BCUT2D eigenvalue weighted by Gasteiger charge is 2.42. The van der Waals surface area contributed by atoms with Crippen molar-refractivity contribution in [3.63, 3.8) is 0 Å². The van der Waals surface area contributed by atoms with Crippen molar-refractivity contribution >= 4 is 5.91 Å². The van der Waals surface area contributed by atoms with Crippen LogP contribution in [-0.4, -0.2) is 25.3 Å². The molecule has 7 heteroatoms. The maximum Gasteiger partial charge on any atom is 0.412 e. The van der Waals surface area contributed by atoms with Crippen molar-refractivity contribution in [3.8, 4) is 11.5 Å². The van der Waals surface area contributed by atoms with Gasteiger partial charge in [-0.25, -0.2) is 0 Å². The Morgan fingerprint density at radius 3 is 2.08 bits per heavy atom. The van der Waals surface area contributed by atoms with E-state index in [1.807, 2.05) is 5.32 Å². The summed E-state index contributed by atoms with van der Waals surface area (Å²) >= 11 is 0. The molecule has 2 aromatic rings. The predicted octanol–water partition coefficient (Wildman–Crippen LogP) is 3.88. The van der Waals surface area contributed by atoms with Gasteiger partial charge in [-0.2, -0.15) is 13.2 Å². The van der Waals surface area contributed by atoms with Gasteiger partial charge in [-0.1, -0.05) is 30.3 Å². The van der Waals surface area contributed by atoms with Crippen LogP contribution in [0.3, 0.4) is 0 Å². The molecule has 0 saturated heterocycles. The van der Waals surface area contributed by atoms with Crippen molar-refractivity contribution in [2.75, 3.05) is 7.11 Å². The average Bonchev–Trinajstić information content (AvgIpc) is 2.59. The summed E-state index contributed by atoms with van der Waals surface area (Å²) in [6.07, 6.45) is -5.71. The quantitative estimate of drug-likeness (QED) is 0.857. The molecule has 0 radical (unpaired) electrons. The largest absolute Gasteiger partial charge is 0.497 e. The molecule has 0 saturated carbocycles. The van der Waals surface area contributed by atoms with Crippen LogP contribution in [0.2, 0.25) is 0 Å². The van der Waals surface area contributed by atoms with Gasteiger partial charge in [0.05, 0.1) is 7.11 Å². The second-order valence-electron chi connectivity index (χ2n) is 5.33. The van der Waals surface area contributed by atoms with Gasteiger partial charge in [-0.05, 0) is 36.8 Å². The number of ether oxygens (including phenoxy) is 2. The van der Waals surface area contributed by atoms with Crippen LogP contribution in [0.4, 0.5) is 13.2 Å². The molecule has 1 amide bonds. The number of benzene rings is 2. The summed E-state index contributed by atoms with van der Waals surface area (Å²) in [7, 11) is 1.51. The summed E-state index contributed by atoms with van der Waals surface area (Å²) in [4.78, 5) is 12.1. The molecule has 25 heavy (non-hydrogen) atoms. The van der Waals surface area contributed by atoms with E-state index in [1.54, 1.807) is 30.3 Å². The molecule has 0 heterocycles. The molecular weight excluding hydrogens is 335 g/mol. The van der Waals surface area contributed by atoms with Gasteiger partial charge in [0, 0.05) is 0 Å². The Morgan fingerprint density at radius 2 is 1.56 bits per heavy atom. The third-order valence-corrected chi connectivity index (χ3v) is 3.49. The molecule has 0 aliphatic heterocycles. The molecule has 0 bridgehead atoms. The first-order chi connectivity index (χ1) is 11.8. The van der Waals surface area contributed by atoms with E-state index in [9.17, 15) is 18.0 Å². The van der Waals surface area contributed by atoms with E-state index in [-0.39, 0.29) is 5.56 Å². The van der Waals surface area contributed by atoms with Crippen molar-refractivity contribution in [1.82, 2.24) is 5.32 Å². The minimum Gasteiger partial charge on any atom is -0.497 e. The molecule has 0 aliphatic carbocycles. The van der Waals surface area contributed by atoms with E-state index >= 15 is 0 Å². The minimum absolute atomic E-state index is 0.0417. The third kappa shape index (κ3) is 5.14. The minimum atomic E-state index is -4.61. The molecule has 4 nitrogen and oxygen atoms in total. The van der Waals surface area contributed by atoms with Crippen LogP contribution in [0.15, 0.2) is 54.6 Å². The molecule has 134 valence electrons. The highest BCUT2D eigenvalue weighted by Crippen LogP contribution is 2.32. The first-order valence-corrected chi connectivity index (χ1v) is 7.54. The summed E-state index contributed by atoms with van der Waals surface area (Å²) in [5, 5.41) is 2.00. The van der Waals surface area contributed by atoms with E-state index in [2.05, 4.69) is 0 Å². The standard InChI is InChI=1S/C18H18F3NO3/c1-12(25-15-10-8-14(24-2)9-11-15)17(23)22-16(18(19,20)21)13-6-4-3-5-7-13/h3-12,16H,1-2H3,(H,22,23). The lowest BCUT2D eigenvalue weighted by atomic mass is 10.1. The first-order valence-electron chi connectivity index (χ1n) is 7.54. The zero-order valence-electron chi connectivity index (χ0n) is 13.7. The number of methoxy groups -OCH3 is 1. The summed E-state index contributed by atoms with van der Waals surface area (Å²) in [5.74, 6) is 0.0967. The fourth-order valence-electron chi connectivity index (χ4n) is 2.17. The van der Waals surface area contributed by atoms with E-state index < -0.39 is 24.2 Å². The molecule has 0 fully saturated rings. The van der Waals surface area contributed by atoms with Crippen molar-refractivity contribution in [3.05, 3.63) is 60.2 Å². The number of hydrogen-bond donors (Lipinski definition) is 1. The summed E-state index contributed by atoms with van der Waals surface area (Å²) in [5.41, 5.74) is -0.0417.